The van der Waals surface area contributed by atoms with Crippen molar-refractivity contribution in [2.24, 2.45) is 17.0 Å². The van der Waals surface area contributed by atoms with Crippen LogP contribution in [-0.4, -0.2) is 40.0 Å². The summed E-state index contributed by atoms with van der Waals surface area (Å²) in [6.07, 6.45) is 16.8. The summed E-state index contributed by atoms with van der Waals surface area (Å²) in [7, 11) is 0. The number of fused-ring (bicyclic) bond motifs is 2. The largest absolute Gasteiger partial charge is 0.348 e. The molecule has 1 aromatic rings. The highest BCUT2D eigenvalue weighted by Gasteiger charge is 2.40. The molecular formula is C35H39ClN2O3S. The molecule has 42 heavy (non-hydrogen) atoms. The highest BCUT2D eigenvalue weighted by molar-refractivity contribution is 8.03. The van der Waals surface area contributed by atoms with E-state index >= 15 is 0 Å². The molecule has 7 heteroatoms. The lowest BCUT2D eigenvalue weighted by molar-refractivity contribution is -0.140. The van der Waals surface area contributed by atoms with E-state index in [-0.39, 0.29) is 23.0 Å². The van der Waals surface area contributed by atoms with Crippen LogP contribution in [0, 0.1) is 18.8 Å². The molecule has 1 aromatic carbocycles. The van der Waals surface area contributed by atoms with Gasteiger partial charge in [-0.3, -0.25) is 4.79 Å². The second-order valence-corrected chi connectivity index (χ2v) is 13.1. The van der Waals surface area contributed by atoms with Crippen molar-refractivity contribution in [2.45, 2.75) is 65.2 Å². The van der Waals surface area contributed by atoms with Gasteiger partial charge in [-0.1, -0.05) is 66.7 Å². The van der Waals surface area contributed by atoms with E-state index in [4.69, 9.17) is 16.4 Å². The number of ketones is 1. The minimum Gasteiger partial charge on any atom is -0.348 e. The van der Waals surface area contributed by atoms with Gasteiger partial charge in [0.2, 0.25) is 0 Å². The summed E-state index contributed by atoms with van der Waals surface area (Å²) < 4.78 is 0. The second kappa shape index (κ2) is 13.5. The zero-order chi connectivity index (χ0) is 29.8. The predicted octanol–water partition coefficient (Wildman–Crippen LogP) is 8.45. The first-order chi connectivity index (χ1) is 20.3. The topological polar surface area (TPSA) is 59.0 Å². The van der Waals surface area contributed by atoms with Crippen molar-refractivity contribution in [1.82, 2.24) is 4.90 Å². The van der Waals surface area contributed by atoms with Gasteiger partial charge in [-0.15, -0.1) is 23.4 Å². The first-order valence-electron chi connectivity index (χ1n) is 14.9. The van der Waals surface area contributed by atoms with Crippen LogP contribution in [0.2, 0.25) is 0 Å². The fraction of sp³-hybridized carbons (Fsp3) is 0.400. The lowest BCUT2D eigenvalue weighted by atomic mass is 9.78. The monoisotopic (exact) mass is 602 g/mol. The minimum absolute atomic E-state index is 0.0848. The number of alkyl halides is 1. The molecule has 4 aliphatic rings. The maximum Gasteiger partial charge on any atom is 0.331 e. The van der Waals surface area contributed by atoms with Crippen LogP contribution in [0.5, 0.6) is 0 Å². The van der Waals surface area contributed by atoms with Gasteiger partial charge in [-0.2, -0.15) is 0 Å². The Labute approximate surface area is 258 Å². The Bertz CT molecular complexity index is 1480. The maximum atomic E-state index is 13.5. The molecule has 0 spiro atoms. The van der Waals surface area contributed by atoms with E-state index < -0.39 is 5.97 Å². The van der Waals surface area contributed by atoms with Crippen molar-refractivity contribution in [3.63, 3.8) is 0 Å². The number of nitrogens with zero attached hydrogens (tertiary/aromatic N) is 2. The number of benzene rings is 1. The molecule has 2 unspecified atom stereocenters. The van der Waals surface area contributed by atoms with E-state index in [1.54, 1.807) is 0 Å². The first-order valence-corrected chi connectivity index (χ1v) is 16.3. The zero-order valence-corrected chi connectivity index (χ0v) is 26.4. The fourth-order valence-electron chi connectivity index (χ4n) is 6.26. The molecule has 0 bridgehead atoms. The first kappa shape index (κ1) is 30.4. The van der Waals surface area contributed by atoms with Crippen LogP contribution in [0.4, 0.5) is 0 Å². The molecule has 0 amide bonds. The molecule has 5 nitrogen and oxygen atoms in total. The molecule has 1 heterocycles. The number of halogens is 1. The Morgan fingerprint density at radius 3 is 2.71 bits per heavy atom. The summed E-state index contributed by atoms with van der Waals surface area (Å²) in [5.41, 5.74) is 8.42. The Balaban J connectivity index is 1.37. The van der Waals surface area contributed by atoms with Gasteiger partial charge in [0, 0.05) is 46.8 Å². The third-order valence-corrected chi connectivity index (χ3v) is 9.83. The van der Waals surface area contributed by atoms with Crippen LogP contribution < -0.4 is 0 Å². The average molecular weight is 603 g/mol. The molecule has 0 N–H and O–H groups in total. The summed E-state index contributed by atoms with van der Waals surface area (Å²) in [6, 6.07) is 7.81. The van der Waals surface area contributed by atoms with Crippen molar-refractivity contribution >= 4 is 40.8 Å². The third-order valence-electron chi connectivity index (χ3n) is 8.38. The third kappa shape index (κ3) is 6.60. The Hall–Kier alpha value is -3.09. The van der Waals surface area contributed by atoms with Crippen LogP contribution >= 0.6 is 23.4 Å². The second-order valence-electron chi connectivity index (χ2n) is 11.3. The molecule has 0 radical (unpaired) electrons. The molecule has 3 atom stereocenters. The number of carbonyl (C=O) groups excluding carboxylic acids is 2. The lowest BCUT2D eigenvalue weighted by Gasteiger charge is -2.29. The van der Waals surface area contributed by atoms with Gasteiger partial charge < -0.3 is 9.74 Å². The van der Waals surface area contributed by atoms with Crippen molar-refractivity contribution in [2.75, 3.05) is 12.3 Å². The van der Waals surface area contributed by atoms with Crippen LogP contribution in [-0.2, 0) is 9.63 Å². The van der Waals surface area contributed by atoms with Gasteiger partial charge in [0.15, 0.2) is 5.78 Å². The number of hydrogen-bond donors (Lipinski definition) is 0. The lowest BCUT2D eigenvalue weighted by Crippen LogP contribution is -2.24. The smallest absolute Gasteiger partial charge is 0.331 e. The van der Waals surface area contributed by atoms with E-state index in [9.17, 15) is 9.59 Å². The summed E-state index contributed by atoms with van der Waals surface area (Å²) in [6.45, 7) is 8.67. The summed E-state index contributed by atoms with van der Waals surface area (Å²) in [4.78, 5) is 34.1. The van der Waals surface area contributed by atoms with E-state index in [1.165, 1.54) is 28.8 Å². The fourth-order valence-corrected chi connectivity index (χ4v) is 7.34. The van der Waals surface area contributed by atoms with Crippen LogP contribution in [0.3, 0.4) is 0 Å². The van der Waals surface area contributed by atoms with Gasteiger partial charge >= 0.3 is 5.97 Å². The highest BCUT2D eigenvalue weighted by atomic mass is 35.5. The van der Waals surface area contributed by atoms with Gasteiger partial charge in [0.05, 0.1) is 11.1 Å². The summed E-state index contributed by atoms with van der Waals surface area (Å²) in [5.74, 6) is 0.974. The van der Waals surface area contributed by atoms with Gasteiger partial charge in [0.1, 0.15) is 0 Å². The summed E-state index contributed by atoms with van der Waals surface area (Å²) in [5, 5.41) is 4.45. The van der Waals surface area contributed by atoms with E-state index in [2.05, 4.69) is 48.2 Å². The predicted molar refractivity (Wildman–Crippen MR) is 173 cm³/mol. The number of oxime groups is 1. The average Bonchev–Trinajstić information content (AvgIpc) is 3.28. The highest BCUT2D eigenvalue weighted by Crippen LogP contribution is 2.49. The van der Waals surface area contributed by atoms with Gasteiger partial charge in [-0.25, -0.2) is 4.79 Å². The van der Waals surface area contributed by atoms with Crippen molar-refractivity contribution in [3.05, 3.63) is 105 Å². The molecule has 0 fully saturated rings. The van der Waals surface area contributed by atoms with E-state index in [0.29, 0.717) is 6.42 Å². The quantitative estimate of drug-likeness (QED) is 0.0671. The number of carbonyl (C=O) groups is 2. The van der Waals surface area contributed by atoms with Crippen molar-refractivity contribution in [3.8, 4) is 0 Å². The Morgan fingerprint density at radius 1 is 1.19 bits per heavy atom. The number of hydrogen-bond acceptors (Lipinski definition) is 6. The molecule has 220 valence electrons. The van der Waals surface area contributed by atoms with Crippen molar-refractivity contribution < 1.29 is 14.4 Å². The molecule has 0 saturated carbocycles. The van der Waals surface area contributed by atoms with Gasteiger partial charge in [-0.05, 0) is 80.4 Å². The molecule has 0 saturated heterocycles. The normalized spacial score (nSPS) is 23.5. The number of allylic oxidation sites excluding steroid dienone is 10. The molecule has 3 aliphatic carbocycles. The molecule has 1 aliphatic heterocycles. The number of rotatable bonds is 10. The molecule has 5 rings (SSSR count). The Kier molecular flexibility index (Phi) is 9.74. The van der Waals surface area contributed by atoms with Crippen LogP contribution in [0.15, 0.2) is 98.9 Å². The van der Waals surface area contributed by atoms with E-state index in [0.717, 1.165) is 66.0 Å². The molecular weight excluding hydrogens is 564 g/mol. The Morgan fingerprint density at radius 2 is 2.00 bits per heavy atom. The molecule has 0 aromatic heterocycles. The summed E-state index contributed by atoms with van der Waals surface area (Å²) >= 11 is 7.99. The van der Waals surface area contributed by atoms with Crippen LogP contribution in [0.25, 0.3) is 0 Å². The number of aryl methyl sites for hydroxylation is 1. The number of thioether (sulfide) groups is 1. The minimum atomic E-state index is -0.418. The van der Waals surface area contributed by atoms with E-state index in [1.807, 2.05) is 55.1 Å². The van der Waals surface area contributed by atoms with Gasteiger partial charge in [0.25, 0.3) is 0 Å². The maximum absolute atomic E-state index is 13.5. The standard InChI is InChI=1S/C35H39ClN2O3S/c1-5-38-33-17-12-25(35(40)28-10-7-6-9-22(28)2)20-30(33)31-21-29(23(3)19-34(31)38)32(37-41-24(4)39)11-8-18-42-27-15-13-26(36)14-16-27/h6-7,9-10,12-13,15-17,21,23,26,30H,5,8,11,14,18-20H2,1-4H3/b37-32+/t23?,26-,30?/m1/s1. The number of Topliss-reactive ketones (excluding diaryl/α,β-unsaturated/α-hetero) is 1. The SMILES string of the molecule is CCN1C2=CC=C(C(=O)c3ccccc3C)CC2C2=C1CC(C)C(/C(CCCSC1=CC[C@H](Cl)C=C1)=N/OC(C)=O)=C2. The van der Waals surface area contributed by atoms with Crippen LogP contribution in [0.1, 0.15) is 68.8 Å². The zero-order valence-electron chi connectivity index (χ0n) is 24.9. The van der Waals surface area contributed by atoms with Crippen molar-refractivity contribution in [1.29, 1.82) is 0 Å².